The van der Waals surface area contributed by atoms with Crippen molar-refractivity contribution < 1.29 is 4.74 Å². The third-order valence-corrected chi connectivity index (χ3v) is 5.76. The summed E-state index contributed by atoms with van der Waals surface area (Å²) in [5.41, 5.74) is 2.65. The third kappa shape index (κ3) is 4.87. The Morgan fingerprint density at radius 3 is 2.50 bits per heavy atom. The molecule has 138 valence electrons. The highest BCUT2D eigenvalue weighted by Crippen LogP contribution is 2.41. The Morgan fingerprint density at radius 1 is 0.962 bits per heavy atom. The second-order valence-corrected chi connectivity index (χ2v) is 7.73. The number of hydrogen-bond donors (Lipinski definition) is 2. The molecule has 1 heterocycles. The van der Waals surface area contributed by atoms with E-state index >= 15 is 0 Å². The summed E-state index contributed by atoms with van der Waals surface area (Å²) in [6, 6.07) is 19.7. The Bertz CT molecular complexity index is 664. The molecule has 3 heteroatoms. The van der Waals surface area contributed by atoms with Crippen LogP contribution in [0.15, 0.2) is 54.6 Å². The van der Waals surface area contributed by atoms with Crippen LogP contribution < -0.4 is 15.4 Å². The summed E-state index contributed by atoms with van der Waals surface area (Å²) in [6.07, 6.45) is 5.30. The van der Waals surface area contributed by atoms with Crippen molar-refractivity contribution in [1.82, 2.24) is 10.6 Å². The zero-order chi connectivity index (χ0) is 17.6. The van der Waals surface area contributed by atoms with Gasteiger partial charge in [0.05, 0.1) is 0 Å². The maximum atomic E-state index is 5.89. The smallest absolute Gasteiger partial charge is 0.119 e. The molecule has 2 fully saturated rings. The number of hydrogen-bond acceptors (Lipinski definition) is 3. The first kappa shape index (κ1) is 17.6. The van der Waals surface area contributed by atoms with Gasteiger partial charge in [0.15, 0.2) is 0 Å². The normalized spacial score (nSPS) is 22.9. The van der Waals surface area contributed by atoms with Gasteiger partial charge in [-0.25, -0.2) is 0 Å². The fourth-order valence-electron chi connectivity index (χ4n) is 3.98. The highest BCUT2D eigenvalue weighted by molar-refractivity contribution is 5.34. The standard InChI is InChI=1S/C23H30N2O/c1-2-4-19(5-3-1)17-26-21-8-6-20(7-9-21)22-16-23(22)25-15-12-18-10-13-24-14-11-18/h1-9,18,22-25H,10-17H2. The van der Waals surface area contributed by atoms with Crippen molar-refractivity contribution in [1.29, 1.82) is 0 Å². The van der Waals surface area contributed by atoms with E-state index in [2.05, 4.69) is 47.0 Å². The molecule has 4 rings (SSSR count). The molecule has 0 amide bonds. The van der Waals surface area contributed by atoms with Crippen LogP contribution in [0.2, 0.25) is 0 Å². The van der Waals surface area contributed by atoms with Crippen LogP contribution >= 0.6 is 0 Å². The molecule has 1 saturated carbocycles. The van der Waals surface area contributed by atoms with E-state index in [0.717, 1.165) is 11.7 Å². The first-order valence-corrected chi connectivity index (χ1v) is 10.1. The van der Waals surface area contributed by atoms with E-state index in [0.29, 0.717) is 18.6 Å². The third-order valence-electron chi connectivity index (χ3n) is 5.76. The van der Waals surface area contributed by atoms with Gasteiger partial charge in [-0.3, -0.25) is 0 Å². The maximum absolute atomic E-state index is 5.89. The SMILES string of the molecule is c1ccc(COc2ccc(C3CC3NCCC3CCNCC3)cc2)cc1. The van der Waals surface area contributed by atoms with Crippen LogP contribution in [0.3, 0.4) is 0 Å². The summed E-state index contributed by atoms with van der Waals surface area (Å²) in [6.45, 7) is 4.21. The second kappa shape index (κ2) is 8.70. The molecule has 2 unspecified atom stereocenters. The van der Waals surface area contributed by atoms with E-state index in [1.807, 2.05) is 18.2 Å². The molecule has 1 aliphatic carbocycles. The fourth-order valence-corrected chi connectivity index (χ4v) is 3.98. The van der Waals surface area contributed by atoms with Gasteiger partial charge in [-0.2, -0.15) is 0 Å². The molecule has 2 atom stereocenters. The van der Waals surface area contributed by atoms with Gasteiger partial charge in [-0.15, -0.1) is 0 Å². The number of benzene rings is 2. The lowest BCUT2D eigenvalue weighted by molar-refractivity contribution is 0.306. The molecule has 1 saturated heterocycles. The first-order chi connectivity index (χ1) is 12.9. The van der Waals surface area contributed by atoms with Crippen LogP contribution in [0.5, 0.6) is 5.75 Å². The highest BCUT2D eigenvalue weighted by atomic mass is 16.5. The van der Waals surface area contributed by atoms with Crippen molar-refractivity contribution in [2.75, 3.05) is 19.6 Å². The quantitative estimate of drug-likeness (QED) is 0.752. The second-order valence-electron chi connectivity index (χ2n) is 7.73. The monoisotopic (exact) mass is 350 g/mol. The maximum Gasteiger partial charge on any atom is 0.119 e. The first-order valence-electron chi connectivity index (χ1n) is 10.1. The molecule has 2 aliphatic rings. The summed E-state index contributed by atoms with van der Waals surface area (Å²) in [7, 11) is 0. The van der Waals surface area contributed by atoms with Crippen molar-refractivity contribution in [2.45, 2.75) is 44.2 Å². The van der Waals surface area contributed by atoms with Gasteiger partial charge in [-0.05, 0) is 74.5 Å². The molecule has 0 aromatic heterocycles. The topological polar surface area (TPSA) is 33.3 Å². The van der Waals surface area contributed by atoms with Gasteiger partial charge in [0.25, 0.3) is 0 Å². The minimum atomic E-state index is 0.629. The lowest BCUT2D eigenvalue weighted by Gasteiger charge is -2.22. The molecule has 2 aromatic carbocycles. The number of ether oxygens (including phenoxy) is 1. The van der Waals surface area contributed by atoms with Crippen LogP contribution in [-0.2, 0) is 6.61 Å². The molecular formula is C23H30N2O. The van der Waals surface area contributed by atoms with Crippen molar-refractivity contribution in [3.8, 4) is 5.75 Å². The summed E-state index contributed by atoms with van der Waals surface area (Å²) in [4.78, 5) is 0. The summed E-state index contributed by atoms with van der Waals surface area (Å²) < 4.78 is 5.89. The van der Waals surface area contributed by atoms with E-state index in [4.69, 9.17) is 4.74 Å². The molecule has 2 aromatic rings. The highest BCUT2D eigenvalue weighted by Gasteiger charge is 2.37. The number of nitrogens with one attached hydrogen (secondary N) is 2. The van der Waals surface area contributed by atoms with E-state index in [9.17, 15) is 0 Å². The van der Waals surface area contributed by atoms with E-state index < -0.39 is 0 Å². The van der Waals surface area contributed by atoms with Crippen LogP contribution in [0, 0.1) is 5.92 Å². The van der Waals surface area contributed by atoms with E-state index in [1.54, 1.807) is 0 Å². The molecule has 26 heavy (non-hydrogen) atoms. The average molecular weight is 351 g/mol. The van der Waals surface area contributed by atoms with Crippen molar-refractivity contribution in [3.05, 3.63) is 65.7 Å². The molecule has 0 spiro atoms. The minimum absolute atomic E-state index is 0.629. The number of rotatable bonds is 8. The summed E-state index contributed by atoms with van der Waals surface area (Å²) in [5, 5.41) is 7.21. The molecular weight excluding hydrogens is 320 g/mol. The van der Waals surface area contributed by atoms with Crippen LogP contribution in [-0.4, -0.2) is 25.7 Å². The molecule has 1 aliphatic heterocycles. The number of piperidine rings is 1. The van der Waals surface area contributed by atoms with Gasteiger partial charge in [-0.1, -0.05) is 42.5 Å². The Kier molecular flexibility index (Phi) is 5.88. The van der Waals surface area contributed by atoms with Crippen molar-refractivity contribution in [3.63, 3.8) is 0 Å². The van der Waals surface area contributed by atoms with Crippen LogP contribution in [0.1, 0.15) is 42.7 Å². The summed E-state index contributed by atoms with van der Waals surface area (Å²) in [5.74, 6) is 2.56. The van der Waals surface area contributed by atoms with Gasteiger partial charge in [0, 0.05) is 12.0 Å². The Balaban J connectivity index is 1.18. The van der Waals surface area contributed by atoms with E-state index in [1.165, 1.54) is 56.4 Å². The molecule has 3 nitrogen and oxygen atoms in total. The van der Waals surface area contributed by atoms with Crippen molar-refractivity contribution in [2.24, 2.45) is 5.92 Å². The van der Waals surface area contributed by atoms with Crippen LogP contribution in [0.4, 0.5) is 0 Å². The van der Waals surface area contributed by atoms with E-state index in [-0.39, 0.29) is 0 Å². The van der Waals surface area contributed by atoms with Gasteiger partial charge in [0.2, 0.25) is 0 Å². The largest absolute Gasteiger partial charge is 0.489 e. The lowest BCUT2D eigenvalue weighted by Crippen LogP contribution is -2.30. The predicted molar refractivity (Wildman–Crippen MR) is 107 cm³/mol. The van der Waals surface area contributed by atoms with Crippen LogP contribution in [0.25, 0.3) is 0 Å². The summed E-state index contributed by atoms with van der Waals surface area (Å²) >= 11 is 0. The van der Waals surface area contributed by atoms with Gasteiger partial charge < -0.3 is 15.4 Å². The lowest BCUT2D eigenvalue weighted by atomic mass is 9.95. The molecule has 2 N–H and O–H groups in total. The van der Waals surface area contributed by atoms with Gasteiger partial charge in [0.1, 0.15) is 12.4 Å². The Morgan fingerprint density at radius 2 is 1.73 bits per heavy atom. The zero-order valence-electron chi connectivity index (χ0n) is 15.5. The fraction of sp³-hybridized carbons (Fsp3) is 0.478. The predicted octanol–water partition coefficient (Wildman–Crippen LogP) is 4.10. The zero-order valence-corrected chi connectivity index (χ0v) is 15.5. The van der Waals surface area contributed by atoms with Gasteiger partial charge >= 0.3 is 0 Å². The van der Waals surface area contributed by atoms with Crippen molar-refractivity contribution >= 4 is 0 Å². The Labute approximate surface area is 157 Å². The molecule has 0 radical (unpaired) electrons. The average Bonchev–Trinajstić information content (AvgIpc) is 3.48. The molecule has 0 bridgehead atoms. The minimum Gasteiger partial charge on any atom is -0.489 e. The Hall–Kier alpha value is -1.84.